The highest BCUT2D eigenvalue weighted by Gasteiger charge is 2.47. The van der Waals surface area contributed by atoms with Crippen LogP contribution in [0.3, 0.4) is 0 Å². The summed E-state index contributed by atoms with van der Waals surface area (Å²) >= 11 is 2.18. The van der Waals surface area contributed by atoms with E-state index in [1.165, 1.54) is 0 Å². The molecule has 26 heavy (non-hydrogen) atoms. The second-order valence-electron chi connectivity index (χ2n) is 7.68. The van der Waals surface area contributed by atoms with E-state index in [1.807, 2.05) is 19.1 Å². The molecule has 1 saturated carbocycles. The van der Waals surface area contributed by atoms with Crippen LogP contribution in [0.4, 0.5) is 0 Å². The van der Waals surface area contributed by atoms with Crippen molar-refractivity contribution in [1.29, 1.82) is 0 Å². The molecule has 0 unspecified atom stereocenters. The maximum atomic E-state index is 12.5. The topological polar surface area (TPSA) is 44.8 Å². The molecule has 1 aromatic rings. The van der Waals surface area contributed by atoms with E-state index in [0.29, 0.717) is 18.1 Å². The zero-order valence-corrected chi connectivity index (χ0v) is 18.4. The lowest BCUT2D eigenvalue weighted by atomic mass is 9.75. The maximum Gasteiger partial charge on any atom is 0.344 e. The Morgan fingerprint density at radius 1 is 1.27 bits per heavy atom. The van der Waals surface area contributed by atoms with Gasteiger partial charge in [0.15, 0.2) is 18.1 Å². The highest BCUT2D eigenvalue weighted by Crippen LogP contribution is 2.46. The molecule has 5 heteroatoms. The fraction of sp³-hybridized carbons (Fsp3) is 0.571. The van der Waals surface area contributed by atoms with Crippen LogP contribution in [-0.4, -0.2) is 24.8 Å². The van der Waals surface area contributed by atoms with Crippen molar-refractivity contribution in [2.45, 2.75) is 59.0 Å². The van der Waals surface area contributed by atoms with E-state index in [2.05, 4.69) is 49.9 Å². The molecule has 1 aliphatic carbocycles. The lowest BCUT2D eigenvalue weighted by Crippen LogP contribution is -2.45. The first-order valence-corrected chi connectivity index (χ1v) is 10.2. The van der Waals surface area contributed by atoms with E-state index in [0.717, 1.165) is 34.8 Å². The fourth-order valence-corrected chi connectivity index (χ4v) is 4.22. The zero-order chi connectivity index (χ0) is 19.4. The van der Waals surface area contributed by atoms with E-state index >= 15 is 0 Å². The number of benzene rings is 1. The van der Waals surface area contributed by atoms with Gasteiger partial charge in [-0.1, -0.05) is 33.4 Å². The Hall–Kier alpha value is -1.24. The summed E-state index contributed by atoms with van der Waals surface area (Å²) in [5, 5.41) is 0. The average Bonchev–Trinajstić information content (AvgIpc) is 3.03. The van der Waals surface area contributed by atoms with Crippen molar-refractivity contribution in [3.63, 3.8) is 0 Å². The minimum atomic E-state index is -0.393. The molecule has 4 nitrogen and oxygen atoms in total. The third-order valence-electron chi connectivity index (χ3n) is 4.99. The Bertz CT molecular complexity index is 655. The Balaban J connectivity index is 2.11. The van der Waals surface area contributed by atoms with Crippen LogP contribution < -0.4 is 9.47 Å². The second kappa shape index (κ2) is 8.63. The van der Waals surface area contributed by atoms with Crippen LogP contribution >= 0.6 is 22.6 Å². The van der Waals surface area contributed by atoms with Crippen LogP contribution in [0.2, 0.25) is 0 Å². The molecule has 0 spiro atoms. The number of hydrogen-bond donors (Lipinski definition) is 0. The molecule has 0 atom stereocenters. The predicted octanol–water partition coefficient (Wildman–Crippen LogP) is 5.61. The van der Waals surface area contributed by atoms with Gasteiger partial charge in [0.25, 0.3) is 0 Å². The van der Waals surface area contributed by atoms with Crippen molar-refractivity contribution in [2.24, 2.45) is 5.41 Å². The summed E-state index contributed by atoms with van der Waals surface area (Å²) in [6, 6.07) is 3.82. The third kappa shape index (κ3) is 4.72. The molecule has 0 radical (unpaired) electrons. The van der Waals surface area contributed by atoms with Gasteiger partial charge < -0.3 is 14.2 Å². The highest BCUT2D eigenvalue weighted by molar-refractivity contribution is 14.1. The lowest BCUT2D eigenvalue weighted by Gasteiger charge is -2.41. The van der Waals surface area contributed by atoms with Gasteiger partial charge in [0.05, 0.1) is 10.2 Å². The van der Waals surface area contributed by atoms with E-state index in [1.54, 1.807) is 6.08 Å². The Labute approximate surface area is 170 Å². The molecule has 144 valence electrons. The van der Waals surface area contributed by atoms with Gasteiger partial charge in [0, 0.05) is 5.41 Å². The number of halogens is 1. The summed E-state index contributed by atoms with van der Waals surface area (Å²) < 4.78 is 18.3. The molecular formula is C21H29IO4. The molecule has 0 saturated heterocycles. The van der Waals surface area contributed by atoms with Gasteiger partial charge >= 0.3 is 5.97 Å². The summed E-state index contributed by atoms with van der Waals surface area (Å²) in [6.07, 6.45) is 5.79. The summed E-state index contributed by atoms with van der Waals surface area (Å²) in [7, 11) is 0. The molecular weight excluding hydrogens is 443 g/mol. The van der Waals surface area contributed by atoms with E-state index in [4.69, 9.17) is 14.2 Å². The van der Waals surface area contributed by atoms with Crippen LogP contribution in [0.15, 0.2) is 18.7 Å². The summed E-state index contributed by atoms with van der Waals surface area (Å²) in [5.74, 6) is 0.868. The molecule has 0 heterocycles. The first-order chi connectivity index (χ1) is 12.2. The van der Waals surface area contributed by atoms with Crippen LogP contribution in [0.25, 0.3) is 6.08 Å². The van der Waals surface area contributed by atoms with Gasteiger partial charge in [-0.15, -0.1) is 0 Å². The number of esters is 1. The third-order valence-corrected chi connectivity index (χ3v) is 5.79. The van der Waals surface area contributed by atoms with Gasteiger partial charge in [-0.3, -0.25) is 0 Å². The van der Waals surface area contributed by atoms with Crippen LogP contribution in [0, 0.1) is 8.99 Å². The van der Waals surface area contributed by atoms with Gasteiger partial charge in [-0.2, -0.15) is 0 Å². The fourth-order valence-electron chi connectivity index (χ4n) is 3.44. The molecule has 0 bridgehead atoms. The van der Waals surface area contributed by atoms with E-state index in [9.17, 15) is 4.79 Å². The molecule has 1 fully saturated rings. The van der Waals surface area contributed by atoms with E-state index in [-0.39, 0.29) is 18.0 Å². The smallest absolute Gasteiger partial charge is 0.344 e. The number of carbonyl (C=O) groups is 1. The largest absolute Gasteiger partial charge is 0.490 e. The zero-order valence-electron chi connectivity index (χ0n) is 16.2. The van der Waals surface area contributed by atoms with Crippen molar-refractivity contribution in [1.82, 2.24) is 0 Å². The molecule has 0 amide bonds. The normalized spacial score (nSPS) is 16.2. The second-order valence-corrected chi connectivity index (χ2v) is 8.84. The molecule has 0 aromatic heterocycles. The first-order valence-electron chi connectivity index (χ1n) is 9.16. The SMILES string of the molecule is C=Cc1cc(I)c(OCC(=O)OC2(C(C)(C)C)CCCC2)c(OCC)c1. The number of carbonyl (C=O) groups excluding carboxylic acids is 1. The van der Waals surface area contributed by atoms with Crippen molar-refractivity contribution in [2.75, 3.05) is 13.2 Å². The number of ether oxygens (including phenoxy) is 3. The van der Waals surface area contributed by atoms with Crippen LogP contribution in [0.1, 0.15) is 58.9 Å². The molecule has 0 N–H and O–H groups in total. The summed E-state index contributed by atoms with van der Waals surface area (Å²) in [6.45, 7) is 12.5. The molecule has 2 rings (SSSR count). The number of hydrogen-bond acceptors (Lipinski definition) is 4. The average molecular weight is 472 g/mol. The van der Waals surface area contributed by atoms with Gasteiger partial charge in [-0.25, -0.2) is 4.79 Å². The standard InChI is InChI=1S/C21H29IO4/c1-6-15-12-16(22)19(17(13-15)24-7-2)25-14-18(23)26-21(20(3,4)5)10-8-9-11-21/h6,12-13H,1,7-11,14H2,2-5H3. The van der Waals surface area contributed by atoms with Crippen molar-refractivity contribution < 1.29 is 19.0 Å². The van der Waals surface area contributed by atoms with Gasteiger partial charge in [-0.05, 0) is 72.9 Å². The van der Waals surface area contributed by atoms with Crippen molar-refractivity contribution in [3.8, 4) is 11.5 Å². The molecule has 1 aromatic carbocycles. The number of rotatable bonds is 7. The monoisotopic (exact) mass is 472 g/mol. The highest BCUT2D eigenvalue weighted by atomic mass is 127. The predicted molar refractivity (Wildman–Crippen MR) is 113 cm³/mol. The van der Waals surface area contributed by atoms with Gasteiger partial charge in [0.1, 0.15) is 5.60 Å². The summed E-state index contributed by atoms with van der Waals surface area (Å²) in [5.41, 5.74) is 0.469. The van der Waals surface area contributed by atoms with Crippen molar-refractivity contribution in [3.05, 3.63) is 27.8 Å². The molecule has 0 aliphatic heterocycles. The Kier molecular flexibility index (Phi) is 6.99. The van der Waals surface area contributed by atoms with Gasteiger partial charge in [0.2, 0.25) is 0 Å². The Morgan fingerprint density at radius 2 is 1.92 bits per heavy atom. The minimum absolute atomic E-state index is 0.0876. The summed E-state index contributed by atoms with van der Waals surface area (Å²) in [4.78, 5) is 12.5. The quantitative estimate of drug-likeness (QED) is 0.382. The van der Waals surface area contributed by atoms with Crippen LogP contribution in [0.5, 0.6) is 11.5 Å². The Morgan fingerprint density at radius 3 is 2.46 bits per heavy atom. The van der Waals surface area contributed by atoms with Crippen molar-refractivity contribution >= 4 is 34.6 Å². The van der Waals surface area contributed by atoms with E-state index < -0.39 is 5.60 Å². The first kappa shape index (κ1) is 21.1. The van der Waals surface area contributed by atoms with Crippen LogP contribution in [-0.2, 0) is 9.53 Å². The molecule has 1 aliphatic rings. The minimum Gasteiger partial charge on any atom is -0.490 e. The maximum absolute atomic E-state index is 12.5. The lowest BCUT2D eigenvalue weighted by molar-refractivity contribution is -0.174.